The minimum atomic E-state index is -3.34. The molecule has 4 N–H and O–H groups in total. The first-order valence-corrected chi connectivity index (χ1v) is 10.6. The first kappa shape index (κ1) is 24.6. The maximum Gasteiger partial charge on any atom is 0.308 e. The summed E-state index contributed by atoms with van der Waals surface area (Å²) in [5.41, 5.74) is 6.66. The summed E-state index contributed by atoms with van der Waals surface area (Å²) in [6.45, 7) is -0.513. The van der Waals surface area contributed by atoms with Crippen LogP contribution in [0.15, 0.2) is 59.7 Å². The lowest BCUT2D eigenvalue weighted by atomic mass is 10.1. The van der Waals surface area contributed by atoms with Gasteiger partial charge in [0.15, 0.2) is 5.49 Å². The molecular weight excluding hydrogens is 475 g/mol. The smallest absolute Gasteiger partial charge is 0.308 e. The molecule has 0 unspecified atom stereocenters. The summed E-state index contributed by atoms with van der Waals surface area (Å²) in [5.74, 6) is -3.80. The molecule has 0 aliphatic carbocycles. The fraction of sp³-hybridized carbons (Fsp3) is 0.227. The normalized spacial score (nSPS) is 12.1. The molecule has 2 heterocycles. The average Bonchev–Trinajstić information content (AvgIpc) is 2.80. The number of nitrogens with zero attached hydrogens (tertiary/aromatic N) is 3. The third-order valence-corrected chi connectivity index (χ3v) is 5.38. The molecule has 0 saturated carbocycles. The summed E-state index contributed by atoms with van der Waals surface area (Å²) in [4.78, 5) is 19.9. The molecule has 33 heavy (non-hydrogen) atoms. The summed E-state index contributed by atoms with van der Waals surface area (Å²) in [5, 5.41) is 13.7. The summed E-state index contributed by atoms with van der Waals surface area (Å²) < 4.78 is 29.2. The summed E-state index contributed by atoms with van der Waals surface area (Å²) in [7, 11) is 0. The molecule has 0 aliphatic heterocycles. The van der Waals surface area contributed by atoms with Gasteiger partial charge >= 0.3 is 5.92 Å². The van der Waals surface area contributed by atoms with Gasteiger partial charge in [0.2, 0.25) is 5.91 Å². The molecule has 1 aromatic carbocycles. The number of aromatic nitrogens is 2. The van der Waals surface area contributed by atoms with Crippen LogP contribution in [0.25, 0.3) is 0 Å². The van der Waals surface area contributed by atoms with E-state index < -0.39 is 24.1 Å². The SMILES string of the molecule is NCc1ccc(Cl)cc1CNC(=O)Cc1c(Cl)ccc(=NCC(F)(F)c2ccccn2)n1O. The van der Waals surface area contributed by atoms with Crippen LogP contribution >= 0.6 is 23.2 Å². The highest BCUT2D eigenvalue weighted by Gasteiger charge is 2.32. The molecular formula is C22H21Cl2F2N5O2. The molecule has 0 spiro atoms. The topological polar surface area (TPSA) is 106 Å². The Morgan fingerprint density at radius 3 is 2.67 bits per heavy atom. The zero-order valence-electron chi connectivity index (χ0n) is 17.3. The Labute approximate surface area is 198 Å². The van der Waals surface area contributed by atoms with Gasteiger partial charge in [0, 0.05) is 24.3 Å². The quantitative estimate of drug-likeness (QED) is 0.416. The Morgan fingerprint density at radius 2 is 1.97 bits per heavy atom. The Balaban J connectivity index is 1.75. The largest absolute Gasteiger partial charge is 0.427 e. The molecule has 0 saturated heterocycles. The minimum Gasteiger partial charge on any atom is -0.427 e. The van der Waals surface area contributed by atoms with Crippen LogP contribution in [0.1, 0.15) is 22.5 Å². The fourth-order valence-electron chi connectivity index (χ4n) is 3.04. The van der Waals surface area contributed by atoms with Gasteiger partial charge in [0.1, 0.15) is 12.2 Å². The van der Waals surface area contributed by atoms with E-state index in [2.05, 4.69) is 15.3 Å². The van der Waals surface area contributed by atoms with Gasteiger partial charge in [-0.05, 0) is 47.5 Å². The number of nitrogens with two attached hydrogens (primary N) is 1. The zero-order valence-corrected chi connectivity index (χ0v) is 18.8. The Bertz CT molecular complexity index is 1200. The van der Waals surface area contributed by atoms with E-state index in [0.717, 1.165) is 11.1 Å². The van der Waals surface area contributed by atoms with Crippen LogP contribution in [-0.2, 0) is 30.2 Å². The molecule has 3 rings (SSSR count). The van der Waals surface area contributed by atoms with Crippen molar-refractivity contribution in [3.63, 3.8) is 0 Å². The van der Waals surface area contributed by atoms with Crippen LogP contribution in [0.2, 0.25) is 10.0 Å². The van der Waals surface area contributed by atoms with Gasteiger partial charge in [-0.3, -0.25) is 14.8 Å². The number of carbonyl (C=O) groups excluding carboxylic acids is 1. The standard InChI is InChI=1S/C22H21Cl2F2N5O2/c23-16-5-4-14(11-27)15(9-16)12-29-21(32)10-18-17(24)6-7-20(31(18)33)30-13-22(25,26)19-3-1-2-8-28-19/h1-9,33H,10-13,27H2,(H,29,32). The fourth-order valence-corrected chi connectivity index (χ4v) is 3.44. The third kappa shape index (κ3) is 6.28. The second-order valence-corrected chi connectivity index (χ2v) is 7.95. The number of carbonyl (C=O) groups is 1. The first-order chi connectivity index (χ1) is 15.7. The van der Waals surface area contributed by atoms with E-state index in [4.69, 9.17) is 28.9 Å². The van der Waals surface area contributed by atoms with E-state index in [9.17, 15) is 18.8 Å². The number of hydrogen-bond donors (Lipinski definition) is 3. The number of hydrogen-bond acceptors (Lipinski definition) is 5. The Hall–Kier alpha value is -3.01. The summed E-state index contributed by atoms with van der Waals surface area (Å²) in [6, 6.07) is 12.0. The second kappa shape index (κ2) is 10.7. The predicted molar refractivity (Wildman–Crippen MR) is 120 cm³/mol. The van der Waals surface area contributed by atoms with Crippen molar-refractivity contribution >= 4 is 29.1 Å². The maximum atomic E-state index is 14.4. The van der Waals surface area contributed by atoms with Crippen LogP contribution in [0.5, 0.6) is 0 Å². The van der Waals surface area contributed by atoms with Crippen molar-refractivity contribution in [3.8, 4) is 0 Å². The van der Waals surface area contributed by atoms with Gasteiger partial charge in [-0.15, -0.1) is 0 Å². The molecule has 2 aromatic heterocycles. The molecule has 1 amide bonds. The third-order valence-electron chi connectivity index (χ3n) is 4.80. The molecule has 0 radical (unpaired) electrons. The molecule has 3 aromatic rings. The Morgan fingerprint density at radius 1 is 1.18 bits per heavy atom. The summed E-state index contributed by atoms with van der Waals surface area (Å²) in [6.07, 6.45) is 0.947. The van der Waals surface area contributed by atoms with E-state index in [1.165, 1.54) is 36.5 Å². The lowest BCUT2D eigenvalue weighted by Crippen LogP contribution is -2.30. The van der Waals surface area contributed by atoms with Crippen molar-refractivity contribution in [3.05, 3.63) is 92.8 Å². The number of nitrogens with one attached hydrogen (secondary N) is 1. The number of pyridine rings is 2. The van der Waals surface area contributed by atoms with Crippen molar-refractivity contribution in [2.24, 2.45) is 10.7 Å². The van der Waals surface area contributed by atoms with Gasteiger partial charge in [-0.1, -0.05) is 35.3 Å². The lowest BCUT2D eigenvalue weighted by molar-refractivity contribution is -0.120. The minimum absolute atomic E-state index is 0.00158. The molecule has 11 heteroatoms. The summed E-state index contributed by atoms with van der Waals surface area (Å²) >= 11 is 12.1. The van der Waals surface area contributed by atoms with Crippen LogP contribution < -0.4 is 16.5 Å². The number of alkyl halides is 2. The molecule has 7 nitrogen and oxygen atoms in total. The molecule has 0 atom stereocenters. The molecule has 0 bridgehead atoms. The maximum absolute atomic E-state index is 14.4. The van der Waals surface area contributed by atoms with E-state index in [1.54, 1.807) is 18.2 Å². The van der Waals surface area contributed by atoms with Crippen LogP contribution in [0.3, 0.4) is 0 Å². The van der Waals surface area contributed by atoms with Crippen molar-refractivity contribution in [2.75, 3.05) is 6.54 Å². The predicted octanol–water partition coefficient (Wildman–Crippen LogP) is 3.44. The highest BCUT2D eigenvalue weighted by molar-refractivity contribution is 6.31. The average molecular weight is 496 g/mol. The highest BCUT2D eigenvalue weighted by Crippen LogP contribution is 2.26. The van der Waals surface area contributed by atoms with Crippen LogP contribution in [-0.4, -0.2) is 27.4 Å². The van der Waals surface area contributed by atoms with Crippen molar-refractivity contribution in [2.45, 2.75) is 25.4 Å². The van der Waals surface area contributed by atoms with E-state index in [1.807, 2.05) is 0 Å². The lowest BCUT2D eigenvalue weighted by Gasteiger charge is -2.14. The van der Waals surface area contributed by atoms with Crippen molar-refractivity contribution < 1.29 is 18.8 Å². The van der Waals surface area contributed by atoms with Gasteiger partial charge < -0.3 is 16.3 Å². The second-order valence-electron chi connectivity index (χ2n) is 7.10. The molecule has 0 aliphatic rings. The van der Waals surface area contributed by atoms with Crippen LogP contribution in [0.4, 0.5) is 8.78 Å². The molecule has 0 fully saturated rings. The monoisotopic (exact) mass is 495 g/mol. The zero-order chi connectivity index (χ0) is 24.0. The number of benzene rings is 1. The van der Waals surface area contributed by atoms with Gasteiger partial charge in [-0.2, -0.15) is 13.5 Å². The van der Waals surface area contributed by atoms with E-state index in [0.29, 0.717) is 9.75 Å². The number of halogens is 4. The highest BCUT2D eigenvalue weighted by atomic mass is 35.5. The number of rotatable bonds is 8. The van der Waals surface area contributed by atoms with Crippen LogP contribution in [0, 0.1) is 0 Å². The number of amides is 1. The van der Waals surface area contributed by atoms with Crippen molar-refractivity contribution in [1.29, 1.82) is 0 Å². The van der Waals surface area contributed by atoms with Gasteiger partial charge in [-0.25, -0.2) is 0 Å². The van der Waals surface area contributed by atoms with Gasteiger partial charge in [0.25, 0.3) is 0 Å². The van der Waals surface area contributed by atoms with E-state index >= 15 is 0 Å². The molecule has 174 valence electrons. The Kier molecular flexibility index (Phi) is 8.01. The van der Waals surface area contributed by atoms with E-state index in [-0.39, 0.29) is 35.7 Å². The van der Waals surface area contributed by atoms with Crippen molar-refractivity contribution in [1.82, 2.24) is 15.0 Å². The first-order valence-electron chi connectivity index (χ1n) is 9.85. The van der Waals surface area contributed by atoms with Gasteiger partial charge in [0.05, 0.1) is 17.1 Å².